The van der Waals surface area contributed by atoms with E-state index in [0.717, 1.165) is 0 Å². The molecule has 0 radical (unpaired) electrons. The van der Waals surface area contributed by atoms with Crippen LogP contribution >= 0.6 is 11.6 Å². The molecule has 0 amide bonds. The van der Waals surface area contributed by atoms with E-state index in [2.05, 4.69) is 11.2 Å². The van der Waals surface area contributed by atoms with E-state index >= 15 is 0 Å². The molecule has 15 heavy (non-hydrogen) atoms. The highest BCUT2D eigenvalue weighted by molar-refractivity contribution is 6.18. The van der Waals surface area contributed by atoms with Crippen molar-refractivity contribution in [3.8, 4) is 12.3 Å². The van der Waals surface area contributed by atoms with Crippen LogP contribution in [0.25, 0.3) is 0 Å². The number of rotatable bonds is 4. The highest BCUT2D eigenvalue weighted by Gasteiger charge is 2.03. The van der Waals surface area contributed by atoms with Crippen LogP contribution in [-0.4, -0.2) is 23.6 Å². The van der Waals surface area contributed by atoms with Crippen LogP contribution in [0.3, 0.4) is 0 Å². The second-order valence-electron chi connectivity index (χ2n) is 3.03. The summed E-state index contributed by atoms with van der Waals surface area (Å²) in [7, 11) is 0. The predicted octanol–water partition coefficient (Wildman–Crippen LogP) is 1.82. The highest BCUT2D eigenvalue weighted by Crippen LogP contribution is 2.13. The molecule has 2 N–H and O–H groups in total. The predicted molar refractivity (Wildman–Crippen MR) is 59.6 cm³/mol. The van der Waals surface area contributed by atoms with Crippen molar-refractivity contribution < 1.29 is 9.50 Å². The molecule has 0 aromatic heterocycles. The molecule has 0 aliphatic carbocycles. The third kappa shape index (κ3) is 3.43. The Balaban J connectivity index is 2.64. The van der Waals surface area contributed by atoms with Crippen molar-refractivity contribution >= 4 is 17.3 Å². The minimum atomic E-state index is -0.651. The second kappa shape index (κ2) is 5.59. The van der Waals surface area contributed by atoms with E-state index < -0.39 is 11.9 Å². The molecule has 0 bridgehead atoms. The monoisotopic (exact) mass is 227 g/mol. The lowest BCUT2D eigenvalue weighted by Crippen LogP contribution is -2.20. The first kappa shape index (κ1) is 11.8. The van der Waals surface area contributed by atoms with Gasteiger partial charge < -0.3 is 10.4 Å². The summed E-state index contributed by atoms with van der Waals surface area (Å²) in [6, 6.07) is 4.44. The summed E-state index contributed by atoms with van der Waals surface area (Å²) < 4.78 is 13.2. The average molecular weight is 228 g/mol. The van der Waals surface area contributed by atoms with Gasteiger partial charge in [-0.05, 0) is 18.2 Å². The SMILES string of the molecule is C#Cc1ccc(NCC(O)CCl)cc1F. The van der Waals surface area contributed by atoms with Crippen LogP contribution < -0.4 is 5.32 Å². The van der Waals surface area contributed by atoms with Gasteiger partial charge in [-0.2, -0.15) is 0 Å². The number of hydrogen-bond acceptors (Lipinski definition) is 2. The number of alkyl halides is 1. The maximum absolute atomic E-state index is 13.2. The molecule has 1 rings (SSSR count). The van der Waals surface area contributed by atoms with E-state index in [-0.39, 0.29) is 18.0 Å². The maximum atomic E-state index is 13.2. The first-order valence-corrected chi connectivity index (χ1v) is 4.95. The summed E-state index contributed by atoms with van der Waals surface area (Å²) >= 11 is 5.41. The van der Waals surface area contributed by atoms with Crippen molar-refractivity contribution in [2.45, 2.75) is 6.10 Å². The molecule has 0 spiro atoms. The number of terminal acetylenes is 1. The molecule has 0 fully saturated rings. The molecule has 1 unspecified atom stereocenters. The van der Waals surface area contributed by atoms with Crippen molar-refractivity contribution in [2.24, 2.45) is 0 Å². The molecular formula is C11H11ClFNO. The molecule has 0 heterocycles. The van der Waals surface area contributed by atoms with Gasteiger partial charge in [-0.25, -0.2) is 4.39 Å². The molecule has 4 heteroatoms. The fourth-order valence-corrected chi connectivity index (χ4v) is 1.14. The zero-order valence-electron chi connectivity index (χ0n) is 8.00. The van der Waals surface area contributed by atoms with E-state index in [9.17, 15) is 4.39 Å². The van der Waals surface area contributed by atoms with Crippen LogP contribution in [0.2, 0.25) is 0 Å². The summed E-state index contributed by atoms with van der Waals surface area (Å²) in [6.07, 6.45) is 4.43. The van der Waals surface area contributed by atoms with Gasteiger partial charge in [-0.15, -0.1) is 18.0 Å². The molecule has 1 aromatic rings. The largest absolute Gasteiger partial charge is 0.390 e. The van der Waals surface area contributed by atoms with Crippen LogP contribution in [0.1, 0.15) is 5.56 Å². The molecule has 80 valence electrons. The summed E-state index contributed by atoms with van der Waals surface area (Å²) in [5.41, 5.74) is 0.786. The fraction of sp³-hybridized carbons (Fsp3) is 0.273. The van der Waals surface area contributed by atoms with Gasteiger partial charge in [0, 0.05) is 12.2 Å². The Morgan fingerprint density at radius 2 is 2.33 bits per heavy atom. The third-order valence-corrected chi connectivity index (χ3v) is 2.20. The number of benzene rings is 1. The van der Waals surface area contributed by atoms with Crippen molar-refractivity contribution in [3.63, 3.8) is 0 Å². The Bertz CT molecular complexity index is 375. The van der Waals surface area contributed by atoms with Crippen molar-refractivity contribution in [3.05, 3.63) is 29.6 Å². The van der Waals surface area contributed by atoms with Crippen LogP contribution in [0, 0.1) is 18.2 Å². The van der Waals surface area contributed by atoms with E-state index in [1.165, 1.54) is 12.1 Å². The summed E-state index contributed by atoms with van der Waals surface area (Å²) in [5.74, 6) is 1.91. The maximum Gasteiger partial charge on any atom is 0.140 e. The van der Waals surface area contributed by atoms with Crippen molar-refractivity contribution in [1.29, 1.82) is 0 Å². The van der Waals surface area contributed by atoms with E-state index in [0.29, 0.717) is 5.69 Å². The van der Waals surface area contributed by atoms with Crippen LogP contribution in [0.5, 0.6) is 0 Å². The zero-order chi connectivity index (χ0) is 11.3. The fourth-order valence-electron chi connectivity index (χ4n) is 1.03. The second-order valence-corrected chi connectivity index (χ2v) is 3.34. The van der Waals surface area contributed by atoms with Gasteiger partial charge in [0.15, 0.2) is 0 Å². The first-order chi connectivity index (χ1) is 7.17. The molecule has 0 saturated heterocycles. The molecule has 2 nitrogen and oxygen atoms in total. The van der Waals surface area contributed by atoms with Crippen LogP contribution in [-0.2, 0) is 0 Å². The Morgan fingerprint density at radius 1 is 1.60 bits per heavy atom. The summed E-state index contributed by atoms with van der Waals surface area (Å²) in [5, 5.41) is 12.0. The van der Waals surface area contributed by atoms with E-state index in [4.69, 9.17) is 23.1 Å². The van der Waals surface area contributed by atoms with Gasteiger partial charge in [0.25, 0.3) is 0 Å². The molecular weight excluding hydrogens is 217 g/mol. The normalized spacial score (nSPS) is 11.9. The standard InChI is InChI=1S/C11H11ClFNO/c1-2-8-3-4-9(5-11(8)13)14-7-10(15)6-12/h1,3-5,10,14-15H,6-7H2. The van der Waals surface area contributed by atoms with Crippen LogP contribution in [0.15, 0.2) is 18.2 Å². The van der Waals surface area contributed by atoms with Crippen molar-refractivity contribution in [1.82, 2.24) is 0 Å². The smallest absolute Gasteiger partial charge is 0.140 e. The van der Waals surface area contributed by atoms with E-state index in [1.807, 2.05) is 0 Å². The number of aliphatic hydroxyl groups is 1. The minimum Gasteiger partial charge on any atom is -0.390 e. The minimum absolute atomic E-state index is 0.137. The Hall–Kier alpha value is -1.24. The number of nitrogens with one attached hydrogen (secondary N) is 1. The Morgan fingerprint density at radius 3 is 2.87 bits per heavy atom. The average Bonchev–Trinajstić information content (AvgIpc) is 2.26. The van der Waals surface area contributed by atoms with Gasteiger partial charge in [-0.1, -0.05) is 5.92 Å². The first-order valence-electron chi connectivity index (χ1n) is 4.41. The van der Waals surface area contributed by atoms with Gasteiger partial charge in [0.05, 0.1) is 17.5 Å². The highest BCUT2D eigenvalue weighted by atomic mass is 35.5. The summed E-state index contributed by atoms with van der Waals surface area (Å²) in [6.45, 7) is 0.276. The number of hydrogen-bond donors (Lipinski definition) is 2. The topological polar surface area (TPSA) is 32.3 Å². The molecule has 0 aliphatic heterocycles. The Kier molecular flexibility index (Phi) is 4.41. The zero-order valence-corrected chi connectivity index (χ0v) is 8.76. The third-order valence-electron chi connectivity index (χ3n) is 1.84. The quantitative estimate of drug-likeness (QED) is 0.608. The number of anilines is 1. The Labute approximate surface area is 93.1 Å². The molecule has 0 saturated carbocycles. The van der Waals surface area contributed by atoms with Gasteiger partial charge in [-0.3, -0.25) is 0 Å². The van der Waals surface area contributed by atoms with Crippen LogP contribution in [0.4, 0.5) is 10.1 Å². The number of aliphatic hydroxyl groups excluding tert-OH is 1. The van der Waals surface area contributed by atoms with Gasteiger partial charge >= 0.3 is 0 Å². The molecule has 1 aromatic carbocycles. The van der Waals surface area contributed by atoms with Gasteiger partial charge in [0.2, 0.25) is 0 Å². The molecule has 1 atom stereocenters. The number of halogens is 2. The van der Waals surface area contributed by atoms with Gasteiger partial charge in [0.1, 0.15) is 5.82 Å². The lowest BCUT2D eigenvalue weighted by Gasteiger charge is -2.10. The summed E-state index contributed by atoms with van der Waals surface area (Å²) in [4.78, 5) is 0. The lowest BCUT2D eigenvalue weighted by molar-refractivity contribution is 0.211. The van der Waals surface area contributed by atoms with Crippen molar-refractivity contribution in [2.75, 3.05) is 17.7 Å². The molecule has 0 aliphatic rings. The lowest BCUT2D eigenvalue weighted by atomic mass is 10.2. The van der Waals surface area contributed by atoms with E-state index in [1.54, 1.807) is 6.07 Å².